The maximum atomic E-state index is 5.54. The van der Waals surface area contributed by atoms with E-state index in [1.54, 1.807) is 0 Å². The summed E-state index contributed by atoms with van der Waals surface area (Å²) in [4.78, 5) is 2.46. The zero-order chi connectivity index (χ0) is 12.7. The summed E-state index contributed by atoms with van der Waals surface area (Å²) in [6, 6.07) is 0.606. The van der Waals surface area contributed by atoms with Crippen LogP contribution in [0, 0.1) is 11.8 Å². The van der Waals surface area contributed by atoms with Gasteiger partial charge in [-0.3, -0.25) is 0 Å². The van der Waals surface area contributed by atoms with E-state index in [0.717, 1.165) is 32.2 Å². The largest absolute Gasteiger partial charge is 0.381 e. The Morgan fingerprint density at radius 3 is 2.71 bits per heavy atom. The SMILES string of the molecule is CCNC(CN(C)CC1CCCOC1)C(C)C. The van der Waals surface area contributed by atoms with Gasteiger partial charge in [0.05, 0.1) is 6.61 Å². The molecule has 2 unspecified atom stereocenters. The van der Waals surface area contributed by atoms with E-state index in [9.17, 15) is 0 Å². The minimum atomic E-state index is 0.606. The van der Waals surface area contributed by atoms with E-state index in [2.05, 4.69) is 38.0 Å². The molecule has 1 aliphatic rings. The van der Waals surface area contributed by atoms with Crippen molar-refractivity contribution in [2.45, 2.75) is 39.7 Å². The number of nitrogens with one attached hydrogen (secondary N) is 1. The van der Waals surface area contributed by atoms with E-state index in [4.69, 9.17) is 4.74 Å². The van der Waals surface area contributed by atoms with Crippen molar-refractivity contribution in [1.82, 2.24) is 10.2 Å². The van der Waals surface area contributed by atoms with Crippen molar-refractivity contribution in [2.24, 2.45) is 11.8 Å². The van der Waals surface area contributed by atoms with Crippen molar-refractivity contribution in [2.75, 3.05) is 39.9 Å². The second kappa shape index (κ2) is 8.06. The molecule has 3 nitrogen and oxygen atoms in total. The third-order valence-corrected chi connectivity index (χ3v) is 3.60. The third kappa shape index (κ3) is 5.84. The van der Waals surface area contributed by atoms with Gasteiger partial charge in [-0.15, -0.1) is 0 Å². The van der Waals surface area contributed by atoms with E-state index in [1.807, 2.05) is 0 Å². The minimum absolute atomic E-state index is 0.606. The Balaban J connectivity index is 2.27. The first-order valence-electron chi connectivity index (χ1n) is 7.13. The predicted octanol–water partition coefficient (Wildman–Crippen LogP) is 1.98. The van der Waals surface area contributed by atoms with Crippen LogP contribution in [-0.2, 0) is 4.74 Å². The lowest BCUT2D eigenvalue weighted by Gasteiger charge is -2.31. The Morgan fingerprint density at radius 1 is 1.41 bits per heavy atom. The van der Waals surface area contributed by atoms with Crippen LogP contribution >= 0.6 is 0 Å². The fourth-order valence-electron chi connectivity index (χ4n) is 2.58. The minimum Gasteiger partial charge on any atom is -0.381 e. The quantitative estimate of drug-likeness (QED) is 0.739. The monoisotopic (exact) mass is 242 g/mol. The smallest absolute Gasteiger partial charge is 0.0506 e. The first kappa shape index (κ1) is 14.9. The van der Waals surface area contributed by atoms with Crippen LogP contribution in [0.25, 0.3) is 0 Å². The molecule has 1 fully saturated rings. The van der Waals surface area contributed by atoms with Crippen LogP contribution in [0.15, 0.2) is 0 Å². The van der Waals surface area contributed by atoms with Gasteiger partial charge < -0.3 is 15.0 Å². The van der Waals surface area contributed by atoms with Crippen molar-refractivity contribution >= 4 is 0 Å². The molecule has 0 aliphatic carbocycles. The molecule has 1 heterocycles. The number of hydrogen-bond donors (Lipinski definition) is 1. The molecule has 0 spiro atoms. The zero-order valence-corrected chi connectivity index (χ0v) is 12.0. The summed E-state index contributed by atoms with van der Waals surface area (Å²) in [5.74, 6) is 1.43. The maximum Gasteiger partial charge on any atom is 0.0506 e. The van der Waals surface area contributed by atoms with Crippen molar-refractivity contribution in [3.63, 3.8) is 0 Å². The highest BCUT2D eigenvalue weighted by Gasteiger charge is 2.19. The van der Waals surface area contributed by atoms with Gasteiger partial charge in [-0.25, -0.2) is 0 Å². The first-order valence-corrected chi connectivity index (χ1v) is 7.13. The van der Waals surface area contributed by atoms with Crippen molar-refractivity contribution in [1.29, 1.82) is 0 Å². The fraction of sp³-hybridized carbons (Fsp3) is 1.00. The number of hydrogen-bond acceptors (Lipinski definition) is 3. The van der Waals surface area contributed by atoms with Crippen LogP contribution in [0.4, 0.5) is 0 Å². The Morgan fingerprint density at radius 2 is 2.18 bits per heavy atom. The predicted molar refractivity (Wildman–Crippen MR) is 73.3 cm³/mol. The molecular weight excluding hydrogens is 212 g/mol. The van der Waals surface area contributed by atoms with Gasteiger partial charge in [0.15, 0.2) is 0 Å². The molecule has 0 aromatic heterocycles. The normalized spacial score (nSPS) is 23.3. The molecule has 1 aliphatic heterocycles. The fourth-order valence-corrected chi connectivity index (χ4v) is 2.58. The van der Waals surface area contributed by atoms with E-state index in [0.29, 0.717) is 12.0 Å². The molecule has 0 bridgehead atoms. The lowest BCUT2D eigenvalue weighted by Crippen LogP contribution is -2.44. The lowest BCUT2D eigenvalue weighted by atomic mass is 10.00. The van der Waals surface area contributed by atoms with Crippen LogP contribution in [0.2, 0.25) is 0 Å². The summed E-state index contributed by atoms with van der Waals surface area (Å²) < 4.78 is 5.54. The van der Waals surface area contributed by atoms with Crippen molar-refractivity contribution in [3.8, 4) is 0 Å². The molecule has 0 aromatic rings. The lowest BCUT2D eigenvalue weighted by molar-refractivity contribution is 0.0403. The molecule has 3 heteroatoms. The highest BCUT2D eigenvalue weighted by Crippen LogP contribution is 2.15. The molecule has 0 radical (unpaired) electrons. The Bertz CT molecular complexity index is 191. The third-order valence-electron chi connectivity index (χ3n) is 3.60. The number of ether oxygens (including phenoxy) is 1. The van der Waals surface area contributed by atoms with Crippen LogP contribution in [0.3, 0.4) is 0 Å². The van der Waals surface area contributed by atoms with Crippen LogP contribution in [-0.4, -0.2) is 50.8 Å². The van der Waals surface area contributed by atoms with Gasteiger partial charge in [-0.2, -0.15) is 0 Å². The standard InChI is InChI=1S/C14H30N2O/c1-5-15-14(12(2)3)10-16(4)9-13-7-6-8-17-11-13/h12-15H,5-11H2,1-4H3. The summed E-state index contributed by atoms with van der Waals surface area (Å²) in [5, 5.41) is 3.58. The van der Waals surface area contributed by atoms with Gasteiger partial charge in [-0.05, 0) is 38.3 Å². The summed E-state index contributed by atoms with van der Waals surface area (Å²) in [6.07, 6.45) is 2.57. The average Bonchev–Trinajstić information content (AvgIpc) is 2.29. The Kier molecular flexibility index (Phi) is 7.09. The Labute approximate surface area is 107 Å². The molecule has 0 aromatic carbocycles. The molecule has 102 valence electrons. The number of likely N-dealkylation sites (N-methyl/N-ethyl adjacent to an activating group) is 2. The topological polar surface area (TPSA) is 24.5 Å². The van der Waals surface area contributed by atoms with Crippen LogP contribution < -0.4 is 5.32 Å². The highest BCUT2D eigenvalue weighted by molar-refractivity contribution is 4.75. The van der Waals surface area contributed by atoms with E-state index >= 15 is 0 Å². The van der Waals surface area contributed by atoms with Crippen molar-refractivity contribution in [3.05, 3.63) is 0 Å². The van der Waals surface area contributed by atoms with Gasteiger partial charge in [0.2, 0.25) is 0 Å². The van der Waals surface area contributed by atoms with Crippen molar-refractivity contribution < 1.29 is 4.74 Å². The number of nitrogens with zero attached hydrogens (tertiary/aromatic N) is 1. The molecule has 1 N–H and O–H groups in total. The zero-order valence-electron chi connectivity index (χ0n) is 12.0. The molecule has 17 heavy (non-hydrogen) atoms. The van der Waals surface area contributed by atoms with E-state index in [-0.39, 0.29) is 0 Å². The Hall–Kier alpha value is -0.120. The molecule has 1 saturated heterocycles. The highest BCUT2D eigenvalue weighted by atomic mass is 16.5. The summed E-state index contributed by atoms with van der Waals surface area (Å²) in [5.41, 5.74) is 0. The van der Waals surface area contributed by atoms with Gasteiger partial charge in [0, 0.05) is 25.7 Å². The molecule has 2 atom stereocenters. The number of rotatable bonds is 7. The molecule has 0 saturated carbocycles. The van der Waals surface area contributed by atoms with E-state index in [1.165, 1.54) is 19.4 Å². The van der Waals surface area contributed by atoms with Crippen LogP contribution in [0.5, 0.6) is 0 Å². The second-order valence-electron chi connectivity index (χ2n) is 5.71. The summed E-state index contributed by atoms with van der Waals surface area (Å²) >= 11 is 0. The van der Waals surface area contributed by atoms with E-state index < -0.39 is 0 Å². The molecule has 1 rings (SSSR count). The van der Waals surface area contributed by atoms with Gasteiger partial charge in [0.1, 0.15) is 0 Å². The van der Waals surface area contributed by atoms with Crippen LogP contribution in [0.1, 0.15) is 33.6 Å². The van der Waals surface area contributed by atoms with Gasteiger partial charge in [-0.1, -0.05) is 20.8 Å². The second-order valence-corrected chi connectivity index (χ2v) is 5.71. The first-order chi connectivity index (χ1) is 8.13. The van der Waals surface area contributed by atoms with Gasteiger partial charge in [0.25, 0.3) is 0 Å². The average molecular weight is 242 g/mol. The summed E-state index contributed by atoms with van der Waals surface area (Å²) in [6.45, 7) is 12.1. The molecule has 0 amide bonds. The summed E-state index contributed by atoms with van der Waals surface area (Å²) in [7, 11) is 2.24. The van der Waals surface area contributed by atoms with Gasteiger partial charge >= 0.3 is 0 Å². The maximum absolute atomic E-state index is 5.54. The molecular formula is C14H30N2O.